The molecule has 0 aromatic heterocycles. The van der Waals surface area contributed by atoms with Crippen molar-refractivity contribution in [2.75, 3.05) is 53.6 Å². The van der Waals surface area contributed by atoms with Crippen LogP contribution in [0.25, 0.3) is 0 Å². The predicted octanol–water partition coefficient (Wildman–Crippen LogP) is 11.6. The van der Waals surface area contributed by atoms with Crippen molar-refractivity contribution in [3.8, 4) is 0 Å². The van der Waals surface area contributed by atoms with Crippen molar-refractivity contribution in [2.24, 2.45) is 0 Å². The number of rotatable bonds is 38. The molecule has 0 fully saturated rings. The van der Waals surface area contributed by atoms with E-state index in [0.717, 1.165) is 26.0 Å². The van der Waals surface area contributed by atoms with E-state index in [4.69, 9.17) is 14.2 Å². The van der Waals surface area contributed by atoms with Gasteiger partial charge < -0.3 is 24.4 Å². The van der Waals surface area contributed by atoms with Gasteiger partial charge in [0.05, 0.1) is 6.61 Å². The van der Waals surface area contributed by atoms with Gasteiger partial charge in [-0.1, -0.05) is 181 Å². The molecule has 0 heterocycles. The third-order valence-corrected chi connectivity index (χ3v) is 9.03. The second-order valence-electron chi connectivity index (χ2n) is 14.1. The van der Waals surface area contributed by atoms with Crippen molar-refractivity contribution in [1.82, 2.24) is 10.2 Å². The molecule has 6 heteroatoms. The van der Waals surface area contributed by atoms with Gasteiger partial charge in [0.2, 0.25) is 0 Å². The van der Waals surface area contributed by atoms with Crippen LogP contribution in [0.3, 0.4) is 0 Å². The molecule has 0 aromatic carbocycles. The Bertz CT molecular complexity index is 590. The summed E-state index contributed by atoms with van der Waals surface area (Å²) in [7, 11) is 3.98. The quantitative estimate of drug-likeness (QED) is 0.0671. The minimum absolute atomic E-state index is 0.201. The molecule has 0 saturated heterocycles. The largest absolute Gasteiger partial charge is 0.447 e. The molecule has 1 unspecified atom stereocenters. The summed E-state index contributed by atoms with van der Waals surface area (Å²) in [6.07, 6.45) is 37.4. The molecule has 1 amide bonds. The van der Waals surface area contributed by atoms with Gasteiger partial charge in [-0.05, 0) is 26.9 Å². The number of hydrogen-bond acceptors (Lipinski definition) is 5. The summed E-state index contributed by atoms with van der Waals surface area (Å²) in [6, 6.07) is 0. The Balaban J connectivity index is 3.90. The summed E-state index contributed by atoms with van der Waals surface area (Å²) in [4.78, 5) is 14.2. The van der Waals surface area contributed by atoms with E-state index >= 15 is 0 Å². The zero-order valence-electron chi connectivity index (χ0n) is 31.7. The Morgan fingerprint density at radius 2 is 0.891 bits per heavy atom. The maximum absolute atomic E-state index is 12.1. The number of alkyl carbamates (subject to hydrolysis) is 1. The molecule has 0 aliphatic carbocycles. The zero-order valence-corrected chi connectivity index (χ0v) is 31.7. The summed E-state index contributed by atoms with van der Waals surface area (Å²) in [5.41, 5.74) is 0. The van der Waals surface area contributed by atoms with Gasteiger partial charge in [-0.3, -0.25) is 0 Å². The molecule has 0 saturated carbocycles. The molecule has 0 bridgehead atoms. The number of hydrogen-bond donors (Lipinski definition) is 1. The Labute approximate surface area is 288 Å². The molecule has 0 spiro atoms. The van der Waals surface area contributed by atoms with Crippen LogP contribution in [0.15, 0.2) is 0 Å². The monoisotopic (exact) mass is 655 g/mol. The smallest absolute Gasteiger partial charge is 0.407 e. The number of nitrogens with one attached hydrogen (secondary N) is 1. The van der Waals surface area contributed by atoms with Gasteiger partial charge in [0.25, 0.3) is 0 Å². The molecule has 0 radical (unpaired) electrons. The van der Waals surface area contributed by atoms with Crippen LogP contribution >= 0.6 is 0 Å². The Morgan fingerprint density at radius 3 is 1.28 bits per heavy atom. The lowest BCUT2D eigenvalue weighted by atomic mass is 10.0. The van der Waals surface area contributed by atoms with Crippen molar-refractivity contribution in [1.29, 1.82) is 0 Å². The van der Waals surface area contributed by atoms with E-state index in [0.29, 0.717) is 19.8 Å². The Kier molecular flexibility index (Phi) is 37.9. The molecule has 276 valence electrons. The average molecular weight is 655 g/mol. The number of carbonyl (C=O) groups excluding carboxylic acids is 1. The molecular formula is C40H82N2O4. The first-order valence-electron chi connectivity index (χ1n) is 20.3. The lowest BCUT2D eigenvalue weighted by Gasteiger charge is -2.19. The summed E-state index contributed by atoms with van der Waals surface area (Å²) in [5, 5.41) is 2.82. The van der Waals surface area contributed by atoms with Gasteiger partial charge in [-0.25, -0.2) is 4.79 Å². The van der Waals surface area contributed by atoms with Crippen LogP contribution in [-0.2, 0) is 14.2 Å². The highest BCUT2D eigenvalue weighted by molar-refractivity contribution is 5.67. The maximum atomic E-state index is 12.1. The van der Waals surface area contributed by atoms with Crippen molar-refractivity contribution in [3.63, 3.8) is 0 Å². The molecular weight excluding hydrogens is 572 g/mol. The molecule has 46 heavy (non-hydrogen) atoms. The van der Waals surface area contributed by atoms with Gasteiger partial charge >= 0.3 is 6.09 Å². The van der Waals surface area contributed by atoms with Crippen molar-refractivity contribution in [2.45, 2.75) is 200 Å². The minimum Gasteiger partial charge on any atom is -0.447 e. The van der Waals surface area contributed by atoms with E-state index in [1.165, 1.54) is 167 Å². The minimum atomic E-state index is -0.376. The average Bonchev–Trinajstić information content (AvgIpc) is 3.04. The number of amides is 1. The van der Waals surface area contributed by atoms with Crippen LogP contribution in [-0.4, -0.2) is 70.7 Å². The third-order valence-electron chi connectivity index (χ3n) is 9.03. The molecule has 0 aliphatic rings. The van der Waals surface area contributed by atoms with E-state index in [9.17, 15) is 4.79 Å². The normalized spacial score (nSPS) is 12.2. The number of ether oxygens (including phenoxy) is 3. The number of carbonyl (C=O) groups is 1. The summed E-state index contributed by atoms with van der Waals surface area (Å²) < 4.78 is 17.6. The summed E-state index contributed by atoms with van der Waals surface area (Å²) >= 11 is 0. The third kappa shape index (κ3) is 37.6. The van der Waals surface area contributed by atoms with Crippen molar-refractivity contribution >= 4 is 6.09 Å². The zero-order chi connectivity index (χ0) is 33.6. The highest BCUT2D eigenvalue weighted by Crippen LogP contribution is 2.14. The number of nitrogens with zero attached hydrogens (tertiary/aromatic N) is 1. The van der Waals surface area contributed by atoms with E-state index in [-0.39, 0.29) is 18.8 Å². The summed E-state index contributed by atoms with van der Waals surface area (Å²) in [6.45, 7) is 8.13. The maximum Gasteiger partial charge on any atom is 0.407 e. The summed E-state index contributed by atoms with van der Waals surface area (Å²) in [5.74, 6) is 0. The van der Waals surface area contributed by atoms with Gasteiger partial charge in [0.1, 0.15) is 12.7 Å². The fraction of sp³-hybridized carbons (Fsp3) is 0.975. The van der Waals surface area contributed by atoms with Gasteiger partial charge in [0, 0.05) is 26.3 Å². The standard InChI is InChI=1S/C40H82N2O4/c1-5-7-9-11-13-15-17-19-21-23-25-27-29-31-35-44-37-39(38-46-40(43)41-33-34-42(3)4)45-36-32-30-28-26-24-22-20-18-16-14-12-10-8-6-2/h39H,5-38H2,1-4H3,(H,41,43). The van der Waals surface area contributed by atoms with E-state index < -0.39 is 0 Å². The number of likely N-dealkylation sites (N-methyl/N-ethyl adjacent to an activating group) is 1. The molecule has 0 rings (SSSR count). The lowest BCUT2D eigenvalue weighted by molar-refractivity contribution is -0.0468. The SMILES string of the molecule is CCCCCCCCCCCCCCCCOCC(COC(=O)NCCN(C)C)OCCCCCCCCCCCCCCCC. The predicted molar refractivity (Wildman–Crippen MR) is 199 cm³/mol. The van der Waals surface area contributed by atoms with E-state index in [2.05, 4.69) is 19.2 Å². The number of unbranched alkanes of at least 4 members (excludes halogenated alkanes) is 26. The second kappa shape index (κ2) is 38.6. The highest BCUT2D eigenvalue weighted by atomic mass is 16.6. The first kappa shape index (κ1) is 45.2. The van der Waals surface area contributed by atoms with Gasteiger partial charge in [0.15, 0.2) is 0 Å². The Morgan fingerprint density at radius 1 is 0.522 bits per heavy atom. The van der Waals surface area contributed by atoms with Crippen LogP contribution < -0.4 is 5.32 Å². The molecule has 0 aliphatic heterocycles. The fourth-order valence-corrected chi connectivity index (χ4v) is 5.91. The lowest BCUT2D eigenvalue weighted by Crippen LogP contribution is -2.35. The van der Waals surface area contributed by atoms with E-state index in [1.807, 2.05) is 19.0 Å². The molecule has 1 atom stereocenters. The molecule has 1 N–H and O–H groups in total. The van der Waals surface area contributed by atoms with Crippen LogP contribution in [0, 0.1) is 0 Å². The topological polar surface area (TPSA) is 60.0 Å². The van der Waals surface area contributed by atoms with Crippen LogP contribution in [0.1, 0.15) is 194 Å². The first-order chi connectivity index (χ1) is 22.6. The molecule has 6 nitrogen and oxygen atoms in total. The second-order valence-corrected chi connectivity index (χ2v) is 14.1. The highest BCUT2D eigenvalue weighted by Gasteiger charge is 2.13. The van der Waals surface area contributed by atoms with Crippen LogP contribution in [0.2, 0.25) is 0 Å². The van der Waals surface area contributed by atoms with Crippen LogP contribution in [0.5, 0.6) is 0 Å². The fourth-order valence-electron chi connectivity index (χ4n) is 5.91. The first-order valence-corrected chi connectivity index (χ1v) is 20.3. The van der Waals surface area contributed by atoms with E-state index in [1.54, 1.807) is 0 Å². The van der Waals surface area contributed by atoms with Gasteiger partial charge in [-0.15, -0.1) is 0 Å². The van der Waals surface area contributed by atoms with Crippen molar-refractivity contribution in [3.05, 3.63) is 0 Å². The molecule has 0 aromatic rings. The van der Waals surface area contributed by atoms with Gasteiger partial charge in [-0.2, -0.15) is 0 Å². The Hall–Kier alpha value is -0.850. The van der Waals surface area contributed by atoms with Crippen LogP contribution in [0.4, 0.5) is 4.79 Å². The van der Waals surface area contributed by atoms with Crippen molar-refractivity contribution < 1.29 is 19.0 Å².